The minimum absolute atomic E-state index is 0.134. The van der Waals surface area contributed by atoms with Crippen molar-refractivity contribution in [1.29, 1.82) is 0 Å². The highest BCUT2D eigenvalue weighted by Crippen LogP contribution is 2.17. The van der Waals surface area contributed by atoms with Gasteiger partial charge in [0.25, 0.3) is 5.91 Å². The van der Waals surface area contributed by atoms with E-state index in [0.29, 0.717) is 24.0 Å². The number of methoxy groups -OCH3 is 1. The first-order chi connectivity index (χ1) is 11.1. The van der Waals surface area contributed by atoms with Crippen LogP contribution in [-0.2, 0) is 6.54 Å². The molecule has 0 saturated heterocycles. The first-order valence-electron chi connectivity index (χ1n) is 7.76. The number of benzene rings is 1. The van der Waals surface area contributed by atoms with E-state index in [2.05, 4.69) is 29.5 Å². The van der Waals surface area contributed by atoms with Gasteiger partial charge in [-0.05, 0) is 31.5 Å². The molecule has 1 amide bonds. The van der Waals surface area contributed by atoms with Crippen LogP contribution in [0.3, 0.4) is 0 Å². The minimum Gasteiger partial charge on any atom is -0.496 e. The van der Waals surface area contributed by atoms with E-state index in [9.17, 15) is 4.79 Å². The van der Waals surface area contributed by atoms with Gasteiger partial charge in [0.2, 0.25) is 0 Å². The van der Waals surface area contributed by atoms with Gasteiger partial charge in [-0.3, -0.25) is 4.79 Å². The quantitative estimate of drug-likeness (QED) is 0.824. The average molecular weight is 313 g/mol. The van der Waals surface area contributed by atoms with E-state index in [0.717, 1.165) is 17.7 Å². The molecular weight excluding hydrogens is 290 g/mol. The molecule has 0 aliphatic rings. The lowest BCUT2D eigenvalue weighted by Gasteiger charge is -2.13. The van der Waals surface area contributed by atoms with Crippen LogP contribution in [0.4, 0.5) is 5.82 Å². The Bertz CT molecular complexity index is 658. The van der Waals surface area contributed by atoms with Crippen molar-refractivity contribution in [2.75, 3.05) is 12.4 Å². The molecule has 0 radical (unpaired) electrons. The Hall–Kier alpha value is -2.56. The maximum Gasteiger partial charge on any atom is 0.251 e. The number of nitrogens with one attached hydrogen (secondary N) is 2. The number of rotatable bonds is 7. The Morgan fingerprint density at radius 1 is 1.30 bits per heavy atom. The van der Waals surface area contributed by atoms with Gasteiger partial charge in [0.15, 0.2) is 0 Å². The number of pyridine rings is 1. The molecule has 0 spiro atoms. The monoisotopic (exact) mass is 313 g/mol. The molecule has 1 unspecified atom stereocenters. The molecule has 5 nitrogen and oxygen atoms in total. The molecule has 0 bridgehead atoms. The molecule has 122 valence electrons. The zero-order valence-corrected chi connectivity index (χ0v) is 13.8. The average Bonchev–Trinajstić information content (AvgIpc) is 2.60. The summed E-state index contributed by atoms with van der Waals surface area (Å²) in [7, 11) is 1.62. The van der Waals surface area contributed by atoms with Crippen LogP contribution in [0.15, 0.2) is 42.6 Å². The second-order valence-electron chi connectivity index (χ2n) is 5.38. The predicted molar refractivity (Wildman–Crippen MR) is 91.8 cm³/mol. The summed E-state index contributed by atoms with van der Waals surface area (Å²) >= 11 is 0. The van der Waals surface area contributed by atoms with Crippen molar-refractivity contribution < 1.29 is 9.53 Å². The number of nitrogens with zero attached hydrogens (tertiary/aromatic N) is 1. The Morgan fingerprint density at radius 3 is 2.83 bits per heavy atom. The summed E-state index contributed by atoms with van der Waals surface area (Å²) in [5, 5.41) is 6.18. The largest absolute Gasteiger partial charge is 0.496 e. The molecule has 2 aromatic rings. The number of carbonyl (C=O) groups excluding carboxylic acids is 1. The summed E-state index contributed by atoms with van der Waals surface area (Å²) in [4.78, 5) is 16.6. The van der Waals surface area contributed by atoms with Crippen molar-refractivity contribution >= 4 is 11.7 Å². The lowest BCUT2D eigenvalue weighted by atomic mass is 10.2. The number of ether oxygens (including phenoxy) is 1. The van der Waals surface area contributed by atoms with Gasteiger partial charge in [0.05, 0.1) is 7.11 Å². The van der Waals surface area contributed by atoms with Crippen molar-refractivity contribution in [2.24, 2.45) is 0 Å². The molecule has 23 heavy (non-hydrogen) atoms. The lowest BCUT2D eigenvalue weighted by Crippen LogP contribution is -2.23. The normalized spacial score (nSPS) is 11.6. The van der Waals surface area contributed by atoms with Crippen molar-refractivity contribution in [2.45, 2.75) is 32.9 Å². The highest BCUT2D eigenvalue weighted by atomic mass is 16.5. The third-order valence-corrected chi connectivity index (χ3v) is 3.66. The molecular formula is C18H23N3O2. The number of para-hydroxylation sites is 1. The zero-order valence-electron chi connectivity index (χ0n) is 13.8. The number of aromatic nitrogens is 1. The van der Waals surface area contributed by atoms with Gasteiger partial charge in [-0.1, -0.05) is 25.1 Å². The summed E-state index contributed by atoms with van der Waals surface area (Å²) in [6.45, 7) is 4.59. The number of anilines is 1. The standard InChI is InChI=1S/C18H23N3O2/c1-4-13(2)21-17-11-14(9-10-19-17)18(22)20-12-15-7-5-6-8-16(15)23-3/h5-11,13H,4,12H2,1-3H3,(H,19,21)(H,20,22). The fourth-order valence-electron chi connectivity index (χ4n) is 2.13. The lowest BCUT2D eigenvalue weighted by molar-refractivity contribution is 0.0950. The van der Waals surface area contributed by atoms with Gasteiger partial charge in [-0.2, -0.15) is 0 Å². The van der Waals surface area contributed by atoms with Crippen molar-refractivity contribution in [3.8, 4) is 5.75 Å². The van der Waals surface area contributed by atoms with E-state index in [1.807, 2.05) is 24.3 Å². The van der Waals surface area contributed by atoms with Crippen molar-refractivity contribution in [3.05, 3.63) is 53.7 Å². The molecule has 0 saturated carbocycles. The minimum atomic E-state index is -0.134. The Morgan fingerprint density at radius 2 is 2.09 bits per heavy atom. The van der Waals surface area contributed by atoms with Crippen LogP contribution in [0.1, 0.15) is 36.2 Å². The molecule has 1 aromatic carbocycles. The van der Waals surface area contributed by atoms with Gasteiger partial charge >= 0.3 is 0 Å². The predicted octanol–water partition coefficient (Wildman–Crippen LogP) is 3.23. The summed E-state index contributed by atoms with van der Waals surface area (Å²) in [5.74, 6) is 1.34. The number of carbonyl (C=O) groups is 1. The van der Waals surface area contributed by atoms with E-state index in [-0.39, 0.29) is 5.91 Å². The van der Waals surface area contributed by atoms with Gasteiger partial charge < -0.3 is 15.4 Å². The summed E-state index contributed by atoms with van der Waals surface area (Å²) in [5.41, 5.74) is 1.52. The Balaban J connectivity index is 2.02. The van der Waals surface area contributed by atoms with E-state index in [4.69, 9.17) is 4.74 Å². The molecule has 5 heteroatoms. The van der Waals surface area contributed by atoms with Gasteiger partial charge in [-0.15, -0.1) is 0 Å². The Kier molecular flexibility index (Phi) is 5.97. The van der Waals surface area contributed by atoms with Crippen LogP contribution >= 0.6 is 0 Å². The summed E-state index contributed by atoms with van der Waals surface area (Å²) in [6, 6.07) is 11.4. The fourth-order valence-corrected chi connectivity index (χ4v) is 2.13. The molecule has 2 N–H and O–H groups in total. The third kappa shape index (κ3) is 4.71. The maximum atomic E-state index is 12.3. The molecule has 1 atom stereocenters. The molecule has 0 aliphatic carbocycles. The van der Waals surface area contributed by atoms with E-state index in [1.165, 1.54) is 0 Å². The van der Waals surface area contributed by atoms with Crippen LogP contribution in [0.25, 0.3) is 0 Å². The van der Waals surface area contributed by atoms with Crippen molar-refractivity contribution in [3.63, 3.8) is 0 Å². The fraction of sp³-hybridized carbons (Fsp3) is 0.333. The first-order valence-corrected chi connectivity index (χ1v) is 7.76. The smallest absolute Gasteiger partial charge is 0.251 e. The molecule has 1 aromatic heterocycles. The van der Waals surface area contributed by atoms with Gasteiger partial charge in [-0.25, -0.2) is 4.98 Å². The Labute approximate surface area is 137 Å². The SMILES string of the molecule is CCC(C)Nc1cc(C(=O)NCc2ccccc2OC)ccn1. The van der Waals surface area contributed by atoms with Crippen LogP contribution in [0, 0.1) is 0 Å². The maximum absolute atomic E-state index is 12.3. The molecule has 2 rings (SSSR count). The van der Waals surface area contributed by atoms with E-state index < -0.39 is 0 Å². The zero-order chi connectivity index (χ0) is 16.7. The topological polar surface area (TPSA) is 63.2 Å². The van der Waals surface area contributed by atoms with Crippen LogP contribution in [0.5, 0.6) is 5.75 Å². The number of hydrogen-bond donors (Lipinski definition) is 2. The summed E-state index contributed by atoms with van der Waals surface area (Å²) < 4.78 is 5.29. The van der Waals surface area contributed by atoms with Crippen LogP contribution in [0.2, 0.25) is 0 Å². The molecule has 0 aliphatic heterocycles. The first kappa shape index (κ1) is 16.8. The molecule has 0 fully saturated rings. The van der Waals surface area contributed by atoms with E-state index in [1.54, 1.807) is 25.4 Å². The van der Waals surface area contributed by atoms with Gasteiger partial charge in [0, 0.05) is 29.9 Å². The van der Waals surface area contributed by atoms with Gasteiger partial charge in [0.1, 0.15) is 11.6 Å². The number of amides is 1. The van der Waals surface area contributed by atoms with Crippen molar-refractivity contribution in [1.82, 2.24) is 10.3 Å². The summed E-state index contributed by atoms with van der Waals surface area (Å²) in [6.07, 6.45) is 2.63. The third-order valence-electron chi connectivity index (χ3n) is 3.66. The molecule has 1 heterocycles. The van der Waals surface area contributed by atoms with Crippen LogP contribution < -0.4 is 15.4 Å². The van der Waals surface area contributed by atoms with E-state index >= 15 is 0 Å². The van der Waals surface area contributed by atoms with Crippen LogP contribution in [-0.4, -0.2) is 24.0 Å². The number of hydrogen-bond acceptors (Lipinski definition) is 4. The highest BCUT2D eigenvalue weighted by molar-refractivity contribution is 5.94. The highest BCUT2D eigenvalue weighted by Gasteiger charge is 2.09. The second kappa shape index (κ2) is 8.17. The second-order valence-corrected chi connectivity index (χ2v) is 5.38.